The van der Waals surface area contributed by atoms with Crippen LogP contribution >= 0.6 is 15.9 Å². The smallest absolute Gasteiger partial charge is 0.411 e. The van der Waals surface area contributed by atoms with Gasteiger partial charge in [0.2, 0.25) is 0 Å². The molecule has 4 heteroatoms. The van der Waals surface area contributed by atoms with Crippen molar-refractivity contribution in [3.8, 4) is 0 Å². The molecule has 0 spiro atoms. The number of hydrogen-bond acceptors (Lipinski definition) is 2. The van der Waals surface area contributed by atoms with Crippen LogP contribution < -0.4 is 5.32 Å². The zero-order valence-electron chi connectivity index (χ0n) is 10.5. The lowest BCUT2D eigenvalue weighted by molar-refractivity contribution is 0.134. The summed E-state index contributed by atoms with van der Waals surface area (Å²) in [4.78, 5) is 11.7. The van der Waals surface area contributed by atoms with Gasteiger partial charge in [0, 0.05) is 16.1 Å². The molecule has 0 aromatic heterocycles. The topological polar surface area (TPSA) is 38.3 Å². The molecule has 0 unspecified atom stereocenters. The molecule has 19 heavy (non-hydrogen) atoms. The number of anilines is 1. The first-order valence-electron chi connectivity index (χ1n) is 6.58. The zero-order chi connectivity index (χ0) is 13.2. The number of nitrogens with one attached hydrogen (secondary N) is 1. The molecule has 2 bridgehead atoms. The van der Waals surface area contributed by atoms with Gasteiger partial charge in [-0.25, -0.2) is 4.79 Å². The number of halogens is 1. The number of carbonyl (C=O) groups is 1. The van der Waals surface area contributed by atoms with Gasteiger partial charge in [0.1, 0.15) is 0 Å². The minimum atomic E-state index is -0.367. The third-order valence-corrected chi connectivity index (χ3v) is 4.46. The lowest BCUT2D eigenvalue weighted by Gasteiger charge is -2.17. The first-order chi connectivity index (χ1) is 9.20. The van der Waals surface area contributed by atoms with E-state index in [2.05, 4.69) is 33.4 Å². The molecular weight excluding hydrogens is 306 g/mol. The van der Waals surface area contributed by atoms with Crippen LogP contribution in [0.5, 0.6) is 0 Å². The van der Waals surface area contributed by atoms with Crippen LogP contribution in [0.1, 0.15) is 12.8 Å². The fourth-order valence-corrected chi connectivity index (χ4v) is 3.22. The van der Waals surface area contributed by atoms with E-state index >= 15 is 0 Å². The summed E-state index contributed by atoms with van der Waals surface area (Å²) in [6.45, 7) is 0.522. The van der Waals surface area contributed by atoms with E-state index in [1.54, 1.807) is 0 Å². The Hall–Kier alpha value is -1.29. The Morgan fingerprint density at radius 2 is 2.05 bits per heavy atom. The number of benzene rings is 1. The van der Waals surface area contributed by atoms with Gasteiger partial charge in [-0.05, 0) is 48.9 Å². The molecule has 1 N–H and O–H groups in total. The molecule has 3 atom stereocenters. The van der Waals surface area contributed by atoms with Crippen LogP contribution in [0.4, 0.5) is 10.5 Å². The van der Waals surface area contributed by atoms with Crippen molar-refractivity contribution in [3.05, 3.63) is 40.9 Å². The molecule has 3 rings (SSSR count). The molecule has 1 saturated carbocycles. The summed E-state index contributed by atoms with van der Waals surface area (Å²) in [6, 6.07) is 7.45. The van der Waals surface area contributed by atoms with E-state index in [9.17, 15) is 4.79 Å². The predicted octanol–water partition coefficient (Wildman–Crippen LogP) is 4.21. The van der Waals surface area contributed by atoms with Crippen LogP contribution in [0.15, 0.2) is 40.9 Å². The number of allylic oxidation sites excluding steroid dienone is 2. The summed E-state index contributed by atoms with van der Waals surface area (Å²) in [7, 11) is 0. The fourth-order valence-electron chi connectivity index (χ4n) is 2.96. The van der Waals surface area contributed by atoms with Crippen LogP contribution in [-0.2, 0) is 4.74 Å². The standard InChI is InChI=1S/C15H16BrNO2/c16-13-3-5-14(6-4-13)17-15(18)19-9-12-8-10-1-2-11(12)7-10/h1-6,10-12H,7-9H2,(H,17,18)/t10-,11+,12+/m1/s1. The highest BCUT2D eigenvalue weighted by Crippen LogP contribution is 2.43. The molecule has 2 aliphatic carbocycles. The Morgan fingerprint density at radius 3 is 2.68 bits per heavy atom. The minimum Gasteiger partial charge on any atom is -0.449 e. The van der Waals surface area contributed by atoms with Crippen LogP contribution in [0.2, 0.25) is 0 Å². The van der Waals surface area contributed by atoms with Gasteiger partial charge in [-0.15, -0.1) is 0 Å². The van der Waals surface area contributed by atoms with Gasteiger partial charge in [-0.1, -0.05) is 28.1 Å². The van der Waals surface area contributed by atoms with Gasteiger partial charge in [-0.2, -0.15) is 0 Å². The van der Waals surface area contributed by atoms with Crippen LogP contribution in [0.3, 0.4) is 0 Å². The normalized spacial score (nSPS) is 27.5. The Balaban J connectivity index is 1.47. The molecule has 2 aliphatic rings. The van der Waals surface area contributed by atoms with E-state index in [4.69, 9.17) is 4.74 Å². The van der Waals surface area contributed by atoms with Gasteiger partial charge in [-0.3, -0.25) is 5.32 Å². The van der Waals surface area contributed by atoms with Gasteiger partial charge in [0.25, 0.3) is 0 Å². The highest BCUT2D eigenvalue weighted by Gasteiger charge is 2.36. The predicted molar refractivity (Wildman–Crippen MR) is 78.0 cm³/mol. The summed E-state index contributed by atoms with van der Waals surface area (Å²) in [5.74, 6) is 1.84. The molecule has 1 fully saturated rings. The third kappa shape index (κ3) is 3.00. The molecule has 0 heterocycles. The number of carbonyl (C=O) groups excluding carboxylic acids is 1. The fraction of sp³-hybridized carbons (Fsp3) is 0.400. The average molecular weight is 322 g/mol. The number of amides is 1. The highest BCUT2D eigenvalue weighted by molar-refractivity contribution is 9.10. The van der Waals surface area contributed by atoms with Crippen molar-refractivity contribution < 1.29 is 9.53 Å². The largest absolute Gasteiger partial charge is 0.449 e. The second-order valence-electron chi connectivity index (χ2n) is 5.27. The molecule has 1 amide bonds. The van der Waals surface area contributed by atoms with E-state index in [0.717, 1.165) is 16.6 Å². The highest BCUT2D eigenvalue weighted by atomic mass is 79.9. The molecule has 100 valence electrons. The van der Waals surface area contributed by atoms with Crippen molar-refractivity contribution in [2.75, 3.05) is 11.9 Å². The van der Waals surface area contributed by atoms with Crippen molar-refractivity contribution in [2.45, 2.75) is 12.8 Å². The number of hydrogen-bond donors (Lipinski definition) is 1. The first kappa shape index (κ1) is 12.7. The maximum Gasteiger partial charge on any atom is 0.411 e. The SMILES string of the molecule is O=C(Nc1ccc(Br)cc1)OC[C@@H]1C[C@@H]2C=C[C@H]1C2. The van der Waals surface area contributed by atoms with Gasteiger partial charge >= 0.3 is 6.09 Å². The van der Waals surface area contributed by atoms with Crippen LogP contribution in [0, 0.1) is 17.8 Å². The Labute approximate surface area is 121 Å². The lowest BCUT2D eigenvalue weighted by atomic mass is 9.95. The maximum absolute atomic E-state index is 11.7. The molecule has 1 aromatic carbocycles. The molecule has 1 aromatic rings. The van der Waals surface area contributed by atoms with Crippen molar-refractivity contribution >= 4 is 27.7 Å². The van der Waals surface area contributed by atoms with Gasteiger partial charge < -0.3 is 4.74 Å². The molecule has 3 nitrogen and oxygen atoms in total. The number of fused-ring (bicyclic) bond motifs is 2. The summed E-state index contributed by atoms with van der Waals surface area (Å²) in [5.41, 5.74) is 0.751. The zero-order valence-corrected chi connectivity index (χ0v) is 12.1. The van der Waals surface area contributed by atoms with Crippen molar-refractivity contribution in [3.63, 3.8) is 0 Å². The Kier molecular flexibility index (Phi) is 3.60. The molecule has 0 radical (unpaired) electrons. The quantitative estimate of drug-likeness (QED) is 0.847. The Bertz CT molecular complexity index is 497. The summed E-state index contributed by atoms with van der Waals surface area (Å²) >= 11 is 3.36. The second kappa shape index (κ2) is 5.37. The Morgan fingerprint density at radius 1 is 1.26 bits per heavy atom. The van der Waals surface area contributed by atoms with Crippen molar-refractivity contribution in [2.24, 2.45) is 17.8 Å². The molecular formula is C15H16BrNO2. The molecule has 0 aliphatic heterocycles. The summed E-state index contributed by atoms with van der Waals surface area (Å²) in [6.07, 6.45) is 6.60. The lowest BCUT2D eigenvalue weighted by Crippen LogP contribution is -2.21. The summed E-state index contributed by atoms with van der Waals surface area (Å²) < 4.78 is 6.30. The van der Waals surface area contributed by atoms with E-state index in [0.29, 0.717) is 24.4 Å². The molecule has 0 saturated heterocycles. The van der Waals surface area contributed by atoms with Gasteiger partial charge in [0.15, 0.2) is 0 Å². The van der Waals surface area contributed by atoms with E-state index in [1.807, 2.05) is 24.3 Å². The second-order valence-corrected chi connectivity index (χ2v) is 6.19. The van der Waals surface area contributed by atoms with Gasteiger partial charge in [0.05, 0.1) is 6.61 Å². The van der Waals surface area contributed by atoms with Crippen LogP contribution in [-0.4, -0.2) is 12.7 Å². The third-order valence-electron chi connectivity index (χ3n) is 3.94. The van der Waals surface area contributed by atoms with E-state index < -0.39 is 0 Å². The maximum atomic E-state index is 11.7. The van der Waals surface area contributed by atoms with E-state index in [1.165, 1.54) is 6.42 Å². The van der Waals surface area contributed by atoms with Crippen LogP contribution in [0.25, 0.3) is 0 Å². The average Bonchev–Trinajstić information content (AvgIpc) is 3.01. The van der Waals surface area contributed by atoms with Crippen molar-refractivity contribution in [1.82, 2.24) is 0 Å². The minimum absolute atomic E-state index is 0.367. The number of rotatable bonds is 3. The first-order valence-corrected chi connectivity index (χ1v) is 7.37. The van der Waals surface area contributed by atoms with Crippen molar-refractivity contribution in [1.29, 1.82) is 0 Å². The van der Waals surface area contributed by atoms with E-state index in [-0.39, 0.29) is 6.09 Å². The summed E-state index contributed by atoms with van der Waals surface area (Å²) in [5, 5.41) is 2.74. The number of ether oxygens (including phenoxy) is 1. The monoisotopic (exact) mass is 321 g/mol.